The van der Waals surface area contributed by atoms with E-state index in [0.717, 1.165) is 0 Å². The van der Waals surface area contributed by atoms with Gasteiger partial charge in [-0.3, -0.25) is 14.9 Å². The van der Waals surface area contributed by atoms with E-state index in [1.54, 1.807) is 19.9 Å². The van der Waals surface area contributed by atoms with E-state index in [1.807, 2.05) is 0 Å². The lowest BCUT2D eigenvalue weighted by molar-refractivity contribution is -0.385. The molecule has 0 N–H and O–H groups in total. The molecule has 18 heavy (non-hydrogen) atoms. The number of nitrogens with zero attached hydrogens (tertiary/aromatic N) is 2. The maximum atomic E-state index is 11.3. The largest absolute Gasteiger partial charge is 0.466 e. The Morgan fingerprint density at radius 3 is 2.72 bits per heavy atom. The maximum absolute atomic E-state index is 11.3. The van der Waals surface area contributed by atoms with E-state index < -0.39 is 10.9 Å². The van der Waals surface area contributed by atoms with Gasteiger partial charge in [0, 0.05) is 6.07 Å². The van der Waals surface area contributed by atoms with Crippen LogP contribution in [0, 0.1) is 28.4 Å². The van der Waals surface area contributed by atoms with Crippen LogP contribution in [0.5, 0.6) is 0 Å². The first kappa shape index (κ1) is 13.6. The standard InChI is InChI=1S/C12H12N2O4/c1-3-18-12(15)6-9-5-11(14(16)17)10(7-13)4-8(9)2/h4-5H,3,6H2,1-2H3. The summed E-state index contributed by atoms with van der Waals surface area (Å²) in [6.07, 6.45) is -0.0355. The van der Waals surface area contributed by atoms with E-state index >= 15 is 0 Å². The van der Waals surface area contributed by atoms with Gasteiger partial charge in [-0.1, -0.05) is 0 Å². The monoisotopic (exact) mass is 248 g/mol. The molecule has 0 aromatic heterocycles. The molecule has 0 spiro atoms. The molecule has 1 aromatic carbocycles. The van der Waals surface area contributed by atoms with Crippen LogP contribution in [0.4, 0.5) is 5.69 Å². The highest BCUT2D eigenvalue weighted by molar-refractivity contribution is 5.74. The summed E-state index contributed by atoms with van der Waals surface area (Å²) in [5, 5.41) is 19.6. The van der Waals surface area contributed by atoms with Crippen molar-refractivity contribution in [2.45, 2.75) is 20.3 Å². The Bertz CT molecular complexity index is 532. The van der Waals surface area contributed by atoms with E-state index in [2.05, 4.69) is 0 Å². The number of benzene rings is 1. The summed E-state index contributed by atoms with van der Waals surface area (Å²) in [6.45, 7) is 3.64. The van der Waals surface area contributed by atoms with Crippen molar-refractivity contribution in [3.8, 4) is 6.07 Å². The summed E-state index contributed by atoms with van der Waals surface area (Å²) in [5.74, 6) is -0.445. The van der Waals surface area contributed by atoms with Gasteiger partial charge in [0.05, 0.1) is 18.0 Å². The molecule has 1 aromatic rings. The second kappa shape index (κ2) is 5.77. The lowest BCUT2D eigenvalue weighted by Crippen LogP contribution is -2.09. The minimum atomic E-state index is -0.632. The maximum Gasteiger partial charge on any atom is 0.310 e. The number of carbonyl (C=O) groups is 1. The van der Waals surface area contributed by atoms with E-state index in [4.69, 9.17) is 10.00 Å². The Balaban J connectivity index is 3.14. The number of nitro benzene ring substituents is 1. The van der Waals surface area contributed by atoms with Gasteiger partial charge in [-0.2, -0.15) is 5.26 Å². The fraction of sp³-hybridized carbons (Fsp3) is 0.333. The molecule has 0 aliphatic heterocycles. The molecule has 94 valence electrons. The third-order valence-corrected chi connectivity index (χ3v) is 2.41. The highest BCUT2D eigenvalue weighted by atomic mass is 16.6. The van der Waals surface area contributed by atoms with Crippen molar-refractivity contribution in [3.05, 3.63) is 38.9 Å². The molecule has 6 heteroatoms. The molecular weight excluding hydrogens is 236 g/mol. The zero-order chi connectivity index (χ0) is 13.7. The van der Waals surface area contributed by atoms with Gasteiger partial charge < -0.3 is 4.74 Å². The van der Waals surface area contributed by atoms with Crippen LogP contribution in [0.15, 0.2) is 12.1 Å². The van der Waals surface area contributed by atoms with Gasteiger partial charge >= 0.3 is 5.97 Å². The van der Waals surface area contributed by atoms with Crippen molar-refractivity contribution < 1.29 is 14.5 Å². The first-order valence-corrected chi connectivity index (χ1v) is 5.33. The average molecular weight is 248 g/mol. The average Bonchev–Trinajstić information content (AvgIpc) is 2.31. The topological polar surface area (TPSA) is 93.2 Å². The van der Waals surface area contributed by atoms with E-state index in [9.17, 15) is 14.9 Å². The van der Waals surface area contributed by atoms with Crippen molar-refractivity contribution >= 4 is 11.7 Å². The van der Waals surface area contributed by atoms with Crippen LogP contribution >= 0.6 is 0 Å². The van der Waals surface area contributed by atoms with Crippen molar-refractivity contribution in [3.63, 3.8) is 0 Å². The van der Waals surface area contributed by atoms with Gasteiger partial charge in [-0.25, -0.2) is 0 Å². The summed E-state index contributed by atoms with van der Waals surface area (Å²) in [7, 11) is 0. The second-order valence-corrected chi connectivity index (χ2v) is 3.65. The lowest BCUT2D eigenvalue weighted by atomic mass is 10.0. The quantitative estimate of drug-likeness (QED) is 0.460. The van der Waals surface area contributed by atoms with E-state index in [1.165, 1.54) is 12.1 Å². The first-order chi connectivity index (χ1) is 8.49. The Labute approximate surface area is 104 Å². The Morgan fingerprint density at radius 2 is 2.22 bits per heavy atom. The molecule has 0 aliphatic carbocycles. The smallest absolute Gasteiger partial charge is 0.310 e. The van der Waals surface area contributed by atoms with Crippen molar-refractivity contribution in [1.29, 1.82) is 5.26 Å². The Hall–Kier alpha value is -2.42. The molecule has 0 radical (unpaired) electrons. The molecule has 6 nitrogen and oxygen atoms in total. The number of hydrogen-bond acceptors (Lipinski definition) is 5. The fourth-order valence-electron chi connectivity index (χ4n) is 1.54. The van der Waals surface area contributed by atoms with Crippen LogP contribution in [-0.2, 0) is 16.0 Å². The highest BCUT2D eigenvalue weighted by Crippen LogP contribution is 2.23. The van der Waals surface area contributed by atoms with Gasteiger partial charge in [-0.15, -0.1) is 0 Å². The molecule has 0 unspecified atom stereocenters. The van der Waals surface area contributed by atoms with Crippen LogP contribution in [0.1, 0.15) is 23.6 Å². The minimum Gasteiger partial charge on any atom is -0.466 e. The van der Waals surface area contributed by atoms with Gasteiger partial charge in [-0.05, 0) is 31.0 Å². The van der Waals surface area contributed by atoms with Crippen LogP contribution < -0.4 is 0 Å². The number of hydrogen-bond donors (Lipinski definition) is 0. The molecule has 1 rings (SSSR count). The first-order valence-electron chi connectivity index (χ1n) is 5.33. The molecule has 0 bridgehead atoms. The number of rotatable bonds is 4. The Kier molecular flexibility index (Phi) is 4.38. The van der Waals surface area contributed by atoms with Crippen LogP contribution in [0.3, 0.4) is 0 Å². The SMILES string of the molecule is CCOC(=O)Cc1cc([N+](=O)[O-])c(C#N)cc1C. The van der Waals surface area contributed by atoms with Gasteiger partial charge in [0.15, 0.2) is 0 Å². The number of esters is 1. The number of nitro groups is 1. The highest BCUT2D eigenvalue weighted by Gasteiger charge is 2.18. The molecule has 0 saturated carbocycles. The van der Waals surface area contributed by atoms with Gasteiger partial charge in [0.2, 0.25) is 0 Å². The van der Waals surface area contributed by atoms with Crippen LogP contribution in [-0.4, -0.2) is 17.5 Å². The van der Waals surface area contributed by atoms with Crippen molar-refractivity contribution in [1.82, 2.24) is 0 Å². The number of carbonyl (C=O) groups excluding carboxylic acids is 1. The molecule has 0 fully saturated rings. The van der Waals surface area contributed by atoms with Gasteiger partial charge in [0.25, 0.3) is 5.69 Å². The van der Waals surface area contributed by atoms with Crippen molar-refractivity contribution in [2.24, 2.45) is 0 Å². The Morgan fingerprint density at radius 1 is 1.56 bits per heavy atom. The molecule has 0 heterocycles. The van der Waals surface area contributed by atoms with Gasteiger partial charge in [0.1, 0.15) is 11.6 Å². The fourth-order valence-corrected chi connectivity index (χ4v) is 1.54. The summed E-state index contributed by atoms with van der Waals surface area (Å²) in [5.41, 5.74) is 0.858. The van der Waals surface area contributed by atoms with Crippen LogP contribution in [0.25, 0.3) is 0 Å². The second-order valence-electron chi connectivity index (χ2n) is 3.65. The molecule has 0 amide bonds. The normalized spacial score (nSPS) is 9.61. The lowest BCUT2D eigenvalue weighted by Gasteiger charge is -2.06. The summed E-state index contributed by atoms with van der Waals surface area (Å²) >= 11 is 0. The third-order valence-electron chi connectivity index (χ3n) is 2.41. The van der Waals surface area contributed by atoms with Crippen LogP contribution in [0.2, 0.25) is 0 Å². The van der Waals surface area contributed by atoms with Crippen molar-refractivity contribution in [2.75, 3.05) is 6.61 Å². The zero-order valence-electron chi connectivity index (χ0n) is 10.1. The number of ether oxygens (including phenoxy) is 1. The molecule has 0 atom stereocenters. The van der Waals surface area contributed by atoms with E-state index in [-0.39, 0.29) is 24.3 Å². The predicted octanol–water partition coefficient (Wildman–Crippen LogP) is 1.88. The zero-order valence-corrected chi connectivity index (χ0v) is 10.1. The predicted molar refractivity (Wildman–Crippen MR) is 62.9 cm³/mol. The third kappa shape index (κ3) is 3.04. The summed E-state index contributed by atoms with van der Waals surface area (Å²) in [6, 6.07) is 4.43. The molecule has 0 saturated heterocycles. The number of aryl methyl sites for hydroxylation is 1. The number of nitriles is 1. The summed E-state index contributed by atoms with van der Waals surface area (Å²) < 4.78 is 4.78. The molecule has 0 aliphatic rings. The van der Waals surface area contributed by atoms with E-state index in [0.29, 0.717) is 11.1 Å². The summed E-state index contributed by atoms with van der Waals surface area (Å²) in [4.78, 5) is 21.5. The molecular formula is C12H12N2O4. The minimum absolute atomic E-state index is 0.00916.